The lowest BCUT2D eigenvalue weighted by Gasteiger charge is -2.30. The fraction of sp³-hybridized carbons (Fsp3) is 0.300. The van der Waals surface area contributed by atoms with Crippen LogP contribution < -0.4 is 20.1 Å². The van der Waals surface area contributed by atoms with E-state index in [0.29, 0.717) is 35.2 Å². The number of carbonyl (C=O) groups excluding carboxylic acids is 1. The molecular weight excluding hydrogens is 532 g/mol. The third kappa shape index (κ3) is 5.18. The van der Waals surface area contributed by atoms with E-state index in [1.807, 2.05) is 69.3 Å². The number of nitrogens with one attached hydrogen (secondary N) is 2. The zero-order chi connectivity index (χ0) is 26.1. The van der Waals surface area contributed by atoms with E-state index in [1.54, 1.807) is 0 Å². The van der Waals surface area contributed by atoms with Gasteiger partial charge in [-0.05, 0) is 96.6 Å². The highest BCUT2D eigenvalue weighted by Gasteiger charge is 2.36. The predicted octanol–water partition coefficient (Wildman–Crippen LogP) is 7.32. The van der Waals surface area contributed by atoms with Crippen molar-refractivity contribution in [3.63, 3.8) is 0 Å². The van der Waals surface area contributed by atoms with Gasteiger partial charge in [0.1, 0.15) is 5.75 Å². The first kappa shape index (κ1) is 25.2. The van der Waals surface area contributed by atoms with Crippen LogP contribution in [0.4, 0.5) is 11.4 Å². The fourth-order valence-electron chi connectivity index (χ4n) is 5.09. The third-order valence-corrected chi connectivity index (χ3v) is 7.32. The fourth-order valence-corrected chi connectivity index (χ4v) is 5.55. The molecule has 0 fully saturated rings. The van der Waals surface area contributed by atoms with E-state index in [0.717, 1.165) is 33.9 Å². The molecule has 0 amide bonds. The highest BCUT2D eigenvalue weighted by atomic mass is 79.9. The number of allylic oxidation sites excluding steroid dienone is 1. The number of anilines is 2. The maximum absolute atomic E-state index is 13.8. The van der Waals surface area contributed by atoms with Crippen LogP contribution in [0.15, 0.2) is 76.4 Å². The van der Waals surface area contributed by atoms with Crippen molar-refractivity contribution < 1.29 is 19.4 Å². The number of phenols is 1. The maximum Gasteiger partial charge on any atom is 0.172 e. The summed E-state index contributed by atoms with van der Waals surface area (Å²) in [7, 11) is 0. The van der Waals surface area contributed by atoms with Gasteiger partial charge in [0.05, 0.1) is 34.6 Å². The molecule has 7 heteroatoms. The second-order valence-electron chi connectivity index (χ2n) is 9.69. The zero-order valence-electron chi connectivity index (χ0n) is 21.2. The summed E-state index contributed by atoms with van der Waals surface area (Å²) in [6, 6.07) is 19.3. The number of aromatic hydroxyl groups is 1. The maximum atomic E-state index is 13.8. The van der Waals surface area contributed by atoms with Crippen molar-refractivity contribution in [1.29, 1.82) is 0 Å². The summed E-state index contributed by atoms with van der Waals surface area (Å²) in [5, 5.41) is 17.6. The molecular formula is C30H31BrN2O4. The summed E-state index contributed by atoms with van der Waals surface area (Å²) in [5.41, 5.74) is 5.41. The van der Waals surface area contributed by atoms with Crippen molar-refractivity contribution in [3.05, 3.63) is 87.5 Å². The smallest absolute Gasteiger partial charge is 0.172 e. The molecule has 3 aromatic carbocycles. The van der Waals surface area contributed by atoms with Crippen LogP contribution >= 0.6 is 15.9 Å². The molecule has 5 rings (SSSR count). The average molecular weight is 563 g/mol. The Labute approximate surface area is 225 Å². The largest absolute Gasteiger partial charge is 0.503 e. The van der Waals surface area contributed by atoms with Gasteiger partial charge in [0.25, 0.3) is 0 Å². The third-order valence-electron chi connectivity index (χ3n) is 6.72. The molecule has 6 nitrogen and oxygen atoms in total. The molecule has 0 saturated carbocycles. The van der Waals surface area contributed by atoms with Gasteiger partial charge in [0, 0.05) is 17.7 Å². The highest BCUT2D eigenvalue weighted by Crippen LogP contribution is 2.46. The van der Waals surface area contributed by atoms with Gasteiger partial charge >= 0.3 is 0 Å². The van der Waals surface area contributed by atoms with Crippen LogP contribution in [0, 0.1) is 0 Å². The first-order valence-electron chi connectivity index (χ1n) is 12.6. The Balaban J connectivity index is 1.56. The van der Waals surface area contributed by atoms with Gasteiger partial charge in [-0.3, -0.25) is 4.79 Å². The van der Waals surface area contributed by atoms with Crippen molar-refractivity contribution in [2.75, 3.05) is 17.2 Å². The number of carbonyl (C=O) groups is 1. The molecule has 3 aromatic rings. The van der Waals surface area contributed by atoms with Gasteiger partial charge in [-0.15, -0.1) is 0 Å². The summed E-state index contributed by atoms with van der Waals surface area (Å²) >= 11 is 3.46. The van der Waals surface area contributed by atoms with E-state index in [-0.39, 0.29) is 23.6 Å². The van der Waals surface area contributed by atoms with Crippen molar-refractivity contribution >= 4 is 33.1 Å². The number of halogens is 1. The van der Waals surface area contributed by atoms with Crippen LogP contribution in [0.3, 0.4) is 0 Å². The number of benzene rings is 3. The molecule has 192 valence electrons. The number of ketones is 1. The van der Waals surface area contributed by atoms with Gasteiger partial charge in [0.15, 0.2) is 17.3 Å². The molecule has 2 unspecified atom stereocenters. The Kier molecular flexibility index (Phi) is 7.15. The van der Waals surface area contributed by atoms with Crippen molar-refractivity contribution in [3.8, 4) is 17.2 Å². The van der Waals surface area contributed by atoms with Gasteiger partial charge in [-0.1, -0.05) is 24.3 Å². The Hall–Kier alpha value is -3.45. The Morgan fingerprint density at radius 3 is 2.46 bits per heavy atom. The predicted molar refractivity (Wildman–Crippen MR) is 150 cm³/mol. The second-order valence-corrected chi connectivity index (χ2v) is 10.5. The number of para-hydroxylation sites is 2. The van der Waals surface area contributed by atoms with E-state index in [4.69, 9.17) is 9.47 Å². The lowest BCUT2D eigenvalue weighted by molar-refractivity contribution is -0.116. The minimum Gasteiger partial charge on any atom is -0.503 e. The molecule has 3 N–H and O–H groups in total. The standard InChI is InChI=1S/C30H31BrN2O4/c1-4-36-27-16-20(13-22(31)30(27)35)29-28-25(32-23-7-5-6-8-24(23)33-29)14-19(15-26(28)34)18-9-11-21(12-10-18)37-17(2)3/h5-13,16-17,19,29,32-33,35H,4,14-15H2,1-3H3. The molecule has 0 spiro atoms. The first-order valence-corrected chi connectivity index (χ1v) is 13.4. The number of phenolic OH excluding ortho intramolecular Hbond substituents is 1. The quantitative estimate of drug-likeness (QED) is 0.292. The molecule has 1 heterocycles. The molecule has 1 aliphatic heterocycles. The zero-order valence-corrected chi connectivity index (χ0v) is 22.8. The summed E-state index contributed by atoms with van der Waals surface area (Å²) in [5.74, 6) is 1.41. The number of hydrogen-bond acceptors (Lipinski definition) is 6. The number of Topliss-reactive ketones (excluding diaryl/α,β-unsaturated/α-hetero) is 1. The Morgan fingerprint density at radius 1 is 1.03 bits per heavy atom. The average Bonchev–Trinajstić information content (AvgIpc) is 3.04. The number of ether oxygens (including phenoxy) is 2. The van der Waals surface area contributed by atoms with Gasteiger partial charge in [-0.2, -0.15) is 0 Å². The van der Waals surface area contributed by atoms with Gasteiger partial charge < -0.3 is 25.2 Å². The highest BCUT2D eigenvalue weighted by molar-refractivity contribution is 9.10. The Morgan fingerprint density at radius 2 is 1.76 bits per heavy atom. The molecule has 37 heavy (non-hydrogen) atoms. The van der Waals surface area contributed by atoms with Crippen LogP contribution in [0.25, 0.3) is 0 Å². The Bertz CT molecular complexity index is 1350. The van der Waals surface area contributed by atoms with Crippen molar-refractivity contribution in [2.45, 2.75) is 51.7 Å². The SMILES string of the molecule is CCOc1cc(C2Nc3ccccc3NC3=C2C(=O)CC(c2ccc(OC(C)C)cc2)C3)cc(Br)c1O. The lowest BCUT2D eigenvalue weighted by atomic mass is 9.78. The van der Waals surface area contributed by atoms with E-state index >= 15 is 0 Å². The topological polar surface area (TPSA) is 79.8 Å². The van der Waals surface area contributed by atoms with Crippen molar-refractivity contribution in [1.82, 2.24) is 0 Å². The monoisotopic (exact) mass is 562 g/mol. The molecule has 2 atom stereocenters. The van der Waals surface area contributed by atoms with E-state index in [1.165, 1.54) is 0 Å². The van der Waals surface area contributed by atoms with E-state index < -0.39 is 6.04 Å². The minimum absolute atomic E-state index is 0.0480. The summed E-state index contributed by atoms with van der Waals surface area (Å²) < 4.78 is 12.0. The first-order chi connectivity index (χ1) is 17.8. The summed E-state index contributed by atoms with van der Waals surface area (Å²) in [4.78, 5) is 13.8. The molecule has 0 bridgehead atoms. The van der Waals surface area contributed by atoms with Crippen LogP contribution in [0.1, 0.15) is 56.7 Å². The normalized spacial score (nSPS) is 18.9. The molecule has 0 radical (unpaired) electrons. The van der Waals surface area contributed by atoms with Crippen LogP contribution in [0.2, 0.25) is 0 Å². The summed E-state index contributed by atoms with van der Waals surface area (Å²) in [6.45, 7) is 6.30. The second kappa shape index (κ2) is 10.5. The van der Waals surface area contributed by atoms with Gasteiger partial charge in [0.2, 0.25) is 0 Å². The summed E-state index contributed by atoms with van der Waals surface area (Å²) in [6.07, 6.45) is 1.23. The molecule has 2 aliphatic rings. The molecule has 1 aliphatic carbocycles. The van der Waals surface area contributed by atoms with E-state index in [9.17, 15) is 9.90 Å². The van der Waals surface area contributed by atoms with Crippen LogP contribution in [-0.2, 0) is 4.79 Å². The number of hydrogen-bond donors (Lipinski definition) is 3. The van der Waals surface area contributed by atoms with Gasteiger partial charge in [-0.25, -0.2) is 0 Å². The van der Waals surface area contributed by atoms with Crippen LogP contribution in [-0.4, -0.2) is 23.6 Å². The molecule has 0 saturated heterocycles. The number of rotatable bonds is 6. The minimum atomic E-state index is -0.405. The van der Waals surface area contributed by atoms with Crippen LogP contribution in [0.5, 0.6) is 17.2 Å². The number of fused-ring (bicyclic) bond motifs is 1. The molecule has 0 aromatic heterocycles. The van der Waals surface area contributed by atoms with Crippen molar-refractivity contribution in [2.24, 2.45) is 0 Å². The van der Waals surface area contributed by atoms with E-state index in [2.05, 4.69) is 38.7 Å². The lowest BCUT2D eigenvalue weighted by Crippen LogP contribution is -2.27.